The van der Waals surface area contributed by atoms with Gasteiger partial charge < -0.3 is 103 Å². The van der Waals surface area contributed by atoms with Crippen LogP contribution in [-0.2, 0) is 85.4 Å². The van der Waals surface area contributed by atoms with Gasteiger partial charge >= 0.3 is 18.3 Å². The highest BCUT2D eigenvalue weighted by atomic mass is 16.6. The molecule has 0 spiro atoms. The Bertz CT molecular complexity index is 2060. The molecule has 0 saturated heterocycles. The van der Waals surface area contributed by atoms with Crippen molar-refractivity contribution in [1.29, 1.82) is 0 Å². The molecule has 27 nitrogen and oxygen atoms in total. The average Bonchev–Trinajstić information content (AvgIpc) is 1.76. The number of benzene rings is 2. The predicted octanol–water partition coefficient (Wildman–Crippen LogP) is 2.83. The van der Waals surface area contributed by atoms with Gasteiger partial charge in [0.2, 0.25) is 17.7 Å². The normalized spacial score (nSPS) is 12.0. The van der Waals surface area contributed by atoms with Gasteiger partial charge in [-0.3, -0.25) is 14.4 Å². The van der Waals surface area contributed by atoms with E-state index in [0.29, 0.717) is 106 Å². The molecule has 0 aliphatic heterocycles. The van der Waals surface area contributed by atoms with Crippen molar-refractivity contribution >= 4 is 36.0 Å². The fourth-order valence-electron chi connectivity index (χ4n) is 7.64. The second kappa shape index (κ2) is 46.4. The van der Waals surface area contributed by atoms with Gasteiger partial charge in [-0.2, -0.15) is 0 Å². The molecule has 2 aromatic rings. The Kier molecular flexibility index (Phi) is 40.1. The molecule has 488 valence electrons. The molecule has 1 aliphatic carbocycles. The quantitative estimate of drug-likeness (QED) is 0.0470. The van der Waals surface area contributed by atoms with E-state index in [4.69, 9.17) is 71.1 Å². The number of hydrogen-bond donors (Lipinski definition) is 5. The fraction of sp³-hybridized carbons (Fsp3) is 0.695. The zero-order chi connectivity index (χ0) is 62.4. The number of ether oxygens (including phenoxy) is 15. The molecule has 0 radical (unpaired) electrons. The van der Waals surface area contributed by atoms with Crippen molar-refractivity contribution in [1.82, 2.24) is 31.5 Å². The van der Waals surface area contributed by atoms with Crippen LogP contribution in [0.2, 0.25) is 0 Å². The summed E-state index contributed by atoms with van der Waals surface area (Å²) in [6.45, 7) is 17.7. The summed E-state index contributed by atoms with van der Waals surface area (Å²) in [7, 11) is 0. The van der Waals surface area contributed by atoms with Crippen molar-refractivity contribution in [3.8, 4) is 11.1 Å². The van der Waals surface area contributed by atoms with Gasteiger partial charge in [0, 0.05) is 51.7 Å². The van der Waals surface area contributed by atoms with E-state index in [-0.39, 0.29) is 129 Å². The third kappa shape index (κ3) is 38.4. The first-order valence-electron chi connectivity index (χ1n) is 29.3. The average molecular weight is 1230 g/mol. The molecule has 1 aliphatic rings. The van der Waals surface area contributed by atoms with Crippen LogP contribution in [0.3, 0.4) is 0 Å². The standard InChI is InChI=1S/C59H96N6O21/c1-58(2,3)85-56(70)63-18-23-73-26-29-76-31-34-78-37-40-81-44-52(66)60-15-20-65(21-16-61-53(67)45-82-41-38-79-35-32-77-30-27-74-24-19-64-57(71)86-59(4,5)6)54(68)46-83-42-39-80-36-33-75-28-25-72-22-17-62-55(69)84-43-51-49-13-9-7-11-47(49)48-12-8-10-14-50(48)51/h7-14,51H,15-46H2,1-6H3,(H,60,66)(H,61,67)(H,62,69)(H,63,70)(H,64,71). The molecule has 0 aromatic heterocycles. The van der Waals surface area contributed by atoms with E-state index >= 15 is 0 Å². The van der Waals surface area contributed by atoms with Crippen LogP contribution in [0.4, 0.5) is 14.4 Å². The highest BCUT2D eigenvalue weighted by Gasteiger charge is 2.29. The topological polar surface area (TPSA) is 304 Å². The third-order valence-electron chi connectivity index (χ3n) is 11.5. The van der Waals surface area contributed by atoms with Crippen molar-refractivity contribution in [2.75, 3.05) is 211 Å². The molecule has 3 rings (SSSR count). The number of alkyl carbamates (subject to hydrolysis) is 3. The molecule has 6 amide bonds. The highest BCUT2D eigenvalue weighted by Crippen LogP contribution is 2.44. The first-order valence-corrected chi connectivity index (χ1v) is 29.3. The number of carbonyl (C=O) groups is 6. The van der Waals surface area contributed by atoms with E-state index in [1.807, 2.05) is 24.3 Å². The Balaban J connectivity index is 1.21. The first-order chi connectivity index (χ1) is 41.5. The third-order valence-corrected chi connectivity index (χ3v) is 11.5. The molecule has 0 fully saturated rings. The van der Waals surface area contributed by atoms with Crippen LogP contribution in [0, 0.1) is 0 Å². The summed E-state index contributed by atoms with van der Waals surface area (Å²) in [5.41, 5.74) is 3.49. The number of nitrogens with zero attached hydrogens (tertiary/aromatic N) is 1. The van der Waals surface area contributed by atoms with Crippen LogP contribution >= 0.6 is 0 Å². The van der Waals surface area contributed by atoms with E-state index < -0.39 is 29.5 Å². The van der Waals surface area contributed by atoms with Gasteiger partial charge in [0.1, 0.15) is 37.6 Å². The van der Waals surface area contributed by atoms with Crippen LogP contribution in [-0.4, -0.2) is 263 Å². The lowest BCUT2D eigenvalue weighted by atomic mass is 9.98. The van der Waals surface area contributed by atoms with E-state index in [2.05, 4.69) is 50.8 Å². The lowest BCUT2D eigenvalue weighted by Crippen LogP contribution is -2.45. The van der Waals surface area contributed by atoms with E-state index in [1.54, 1.807) is 41.5 Å². The van der Waals surface area contributed by atoms with Crippen LogP contribution in [0.15, 0.2) is 48.5 Å². The summed E-state index contributed by atoms with van der Waals surface area (Å²) in [5, 5.41) is 13.4. The Labute approximate surface area is 506 Å². The van der Waals surface area contributed by atoms with Gasteiger partial charge in [-0.15, -0.1) is 0 Å². The molecule has 27 heteroatoms. The van der Waals surface area contributed by atoms with Gasteiger partial charge in [0.05, 0.1) is 139 Å². The Hall–Kier alpha value is -5.82. The number of carbonyl (C=O) groups excluding carboxylic acids is 6. The van der Waals surface area contributed by atoms with E-state index in [1.165, 1.54) is 4.90 Å². The summed E-state index contributed by atoms with van der Waals surface area (Å²) in [6, 6.07) is 16.3. The van der Waals surface area contributed by atoms with Gasteiger partial charge in [-0.25, -0.2) is 14.4 Å². The van der Waals surface area contributed by atoms with Crippen molar-refractivity contribution in [2.45, 2.75) is 58.7 Å². The lowest BCUT2D eigenvalue weighted by molar-refractivity contribution is -0.137. The van der Waals surface area contributed by atoms with Gasteiger partial charge in [0.25, 0.3) is 0 Å². The zero-order valence-electron chi connectivity index (χ0n) is 51.3. The molecular formula is C59H96N6O21. The van der Waals surface area contributed by atoms with E-state index in [9.17, 15) is 28.8 Å². The molecule has 86 heavy (non-hydrogen) atoms. The predicted molar refractivity (Wildman–Crippen MR) is 314 cm³/mol. The summed E-state index contributed by atoms with van der Waals surface area (Å²) < 4.78 is 81.7. The van der Waals surface area contributed by atoms with Crippen molar-refractivity contribution < 1.29 is 99.8 Å². The van der Waals surface area contributed by atoms with Gasteiger partial charge in [-0.05, 0) is 63.8 Å². The largest absolute Gasteiger partial charge is 0.449 e. The minimum absolute atomic E-state index is 0.0167. The Morgan fingerprint density at radius 2 is 0.674 bits per heavy atom. The maximum absolute atomic E-state index is 13.2. The van der Waals surface area contributed by atoms with Crippen LogP contribution in [0.1, 0.15) is 58.6 Å². The van der Waals surface area contributed by atoms with Gasteiger partial charge in [-0.1, -0.05) is 48.5 Å². The second-order valence-electron chi connectivity index (χ2n) is 20.9. The number of rotatable bonds is 50. The summed E-state index contributed by atoms with van der Waals surface area (Å²) in [6.07, 6.45) is -1.51. The molecule has 0 bridgehead atoms. The Morgan fingerprint density at radius 3 is 1.02 bits per heavy atom. The summed E-state index contributed by atoms with van der Waals surface area (Å²) in [4.78, 5) is 75.4. The number of amides is 6. The monoisotopic (exact) mass is 1220 g/mol. The van der Waals surface area contributed by atoms with Crippen molar-refractivity contribution in [3.63, 3.8) is 0 Å². The maximum Gasteiger partial charge on any atom is 0.407 e. The van der Waals surface area contributed by atoms with Crippen LogP contribution in [0.5, 0.6) is 0 Å². The molecule has 2 aromatic carbocycles. The van der Waals surface area contributed by atoms with Crippen molar-refractivity contribution in [3.05, 3.63) is 59.7 Å². The number of nitrogens with one attached hydrogen (secondary N) is 5. The molecule has 0 unspecified atom stereocenters. The van der Waals surface area contributed by atoms with Crippen LogP contribution < -0.4 is 26.6 Å². The SMILES string of the molecule is CC(C)(C)OC(=O)NCCOCCOCCOCCOCC(=O)NCCN(CCNC(=O)COCCOCCOCCOCCNC(=O)OC(C)(C)C)C(=O)COCCOCCOCCOCCNC(=O)OCC1c2ccccc2-c2ccccc21. The first kappa shape index (κ1) is 74.4. The molecule has 0 heterocycles. The fourth-order valence-corrected chi connectivity index (χ4v) is 7.64. The Morgan fingerprint density at radius 1 is 0.372 bits per heavy atom. The summed E-state index contributed by atoms with van der Waals surface area (Å²) >= 11 is 0. The lowest BCUT2D eigenvalue weighted by Gasteiger charge is -2.23. The summed E-state index contributed by atoms with van der Waals surface area (Å²) in [5.74, 6) is -1.15. The minimum Gasteiger partial charge on any atom is -0.449 e. The minimum atomic E-state index is -0.568. The van der Waals surface area contributed by atoms with Crippen LogP contribution in [0.25, 0.3) is 11.1 Å². The molecule has 0 atom stereocenters. The number of hydrogen-bond acceptors (Lipinski definition) is 21. The smallest absolute Gasteiger partial charge is 0.407 e. The number of fused-ring (bicyclic) bond motifs is 3. The highest BCUT2D eigenvalue weighted by molar-refractivity contribution is 5.80. The van der Waals surface area contributed by atoms with E-state index in [0.717, 1.165) is 22.3 Å². The maximum atomic E-state index is 13.2. The molecule has 5 N–H and O–H groups in total. The molecule has 0 saturated carbocycles. The van der Waals surface area contributed by atoms with Gasteiger partial charge in [0.15, 0.2) is 0 Å². The molecular weight excluding hydrogens is 1130 g/mol. The zero-order valence-corrected chi connectivity index (χ0v) is 51.3. The van der Waals surface area contributed by atoms with Crippen molar-refractivity contribution in [2.24, 2.45) is 0 Å². The second-order valence-corrected chi connectivity index (χ2v) is 20.9.